The molecule has 112 valence electrons. The summed E-state index contributed by atoms with van der Waals surface area (Å²) in [6.07, 6.45) is 3.48. The number of amides is 2. The summed E-state index contributed by atoms with van der Waals surface area (Å²) in [4.78, 5) is 23.7. The van der Waals surface area contributed by atoms with E-state index in [1.165, 1.54) is 18.9 Å². The number of nitrogens with one attached hydrogen (secondary N) is 2. The van der Waals surface area contributed by atoms with E-state index in [9.17, 15) is 9.59 Å². The summed E-state index contributed by atoms with van der Waals surface area (Å²) in [5.41, 5.74) is 6.01. The van der Waals surface area contributed by atoms with Crippen molar-refractivity contribution in [1.82, 2.24) is 5.32 Å². The monoisotopic (exact) mass is 307 g/mol. The number of rotatable bonds is 3. The largest absolute Gasteiger partial charge is 0.366 e. The highest BCUT2D eigenvalue weighted by Gasteiger charge is 2.42. The molecule has 0 radical (unpaired) electrons. The number of nitrogens with two attached hydrogens (primary N) is 1. The minimum atomic E-state index is -0.544. The van der Waals surface area contributed by atoms with E-state index in [0.29, 0.717) is 28.1 Å². The lowest BCUT2D eigenvalue weighted by atomic mass is 9.93. The Morgan fingerprint density at radius 1 is 1.33 bits per heavy atom. The average molecular weight is 308 g/mol. The van der Waals surface area contributed by atoms with Gasteiger partial charge in [-0.05, 0) is 49.4 Å². The molecule has 21 heavy (non-hydrogen) atoms. The van der Waals surface area contributed by atoms with Gasteiger partial charge in [-0.1, -0.05) is 18.0 Å². The van der Waals surface area contributed by atoms with Gasteiger partial charge in [0.25, 0.3) is 0 Å². The number of benzene rings is 1. The fourth-order valence-corrected chi connectivity index (χ4v) is 3.62. The van der Waals surface area contributed by atoms with Crippen LogP contribution in [0.2, 0.25) is 5.02 Å². The van der Waals surface area contributed by atoms with Gasteiger partial charge in [-0.25, -0.2) is 0 Å². The van der Waals surface area contributed by atoms with E-state index >= 15 is 0 Å². The molecular formula is C15H18ClN3O2. The zero-order valence-electron chi connectivity index (χ0n) is 11.6. The van der Waals surface area contributed by atoms with Crippen molar-refractivity contribution in [2.75, 3.05) is 11.9 Å². The maximum Gasteiger partial charge on any atom is 0.248 e. The van der Waals surface area contributed by atoms with Crippen molar-refractivity contribution < 1.29 is 9.59 Å². The molecule has 3 atom stereocenters. The maximum atomic E-state index is 12.4. The highest BCUT2D eigenvalue weighted by molar-refractivity contribution is 6.34. The van der Waals surface area contributed by atoms with E-state index in [4.69, 9.17) is 17.3 Å². The molecule has 0 bridgehead atoms. The number of fused-ring (bicyclic) bond motifs is 1. The van der Waals surface area contributed by atoms with Crippen LogP contribution in [0.15, 0.2) is 18.2 Å². The summed E-state index contributed by atoms with van der Waals surface area (Å²) in [7, 11) is 0. The van der Waals surface area contributed by atoms with Crippen LogP contribution < -0.4 is 16.4 Å². The second-order valence-electron chi connectivity index (χ2n) is 5.79. The van der Waals surface area contributed by atoms with E-state index in [2.05, 4.69) is 10.6 Å². The molecule has 1 aromatic rings. The van der Waals surface area contributed by atoms with Crippen LogP contribution in [-0.2, 0) is 4.79 Å². The topological polar surface area (TPSA) is 84.2 Å². The molecular weight excluding hydrogens is 290 g/mol. The van der Waals surface area contributed by atoms with Crippen molar-refractivity contribution in [2.45, 2.75) is 25.3 Å². The first-order chi connectivity index (χ1) is 10.1. The molecule has 0 spiro atoms. The summed E-state index contributed by atoms with van der Waals surface area (Å²) < 4.78 is 0. The number of carbonyl (C=O) groups excluding carboxylic acids is 2. The van der Waals surface area contributed by atoms with Crippen LogP contribution in [0.3, 0.4) is 0 Å². The first kappa shape index (κ1) is 14.4. The molecule has 3 unspecified atom stereocenters. The molecule has 1 aromatic carbocycles. The SMILES string of the molecule is NC(=O)c1ccc(Cl)c(NC(=O)C2NCC3CCCC32)c1. The fraction of sp³-hybridized carbons (Fsp3) is 0.467. The molecule has 2 aliphatic rings. The summed E-state index contributed by atoms with van der Waals surface area (Å²) >= 11 is 6.08. The predicted octanol–water partition coefficient (Wildman–Crippen LogP) is 1.77. The Bertz CT molecular complexity index is 590. The minimum absolute atomic E-state index is 0.0899. The number of halogens is 1. The summed E-state index contributed by atoms with van der Waals surface area (Å²) in [6, 6.07) is 4.45. The first-order valence-corrected chi connectivity index (χ1v) is 7.57. The third kappa shape index (κ3) is 2.76. The van der Waals surface area contributed by atoms with Gasteiger partial charge in [0.1, 0.15) is 0 Å². The van der Waals surface area contributed by atoms with E-state index in [1.807, 2.05) is 0 Å². The van der Waals surface area contributed by atoms with Crippen LogP contribution in [0, 0.1) is 11.8 Å². The summed E-state index contributed by atoms with van der Waals surface area (Å²) in [5.74, 6) is 0.376. The molecule has 1 aliphatic heterocycles. The molecule has 2 fully saturated rings. The Labute approximate surface area is 128 Å². The van der Waals surface area contributed by atoms with Gasteiger partial charge in [0.05, 0.1) is 16.8 Å². The van der Waals surface area contributed by atoms with E-state index in [0.717, 1.165) is 13.0 Å². The Balaban J connectivity index is 1.75. The molecule has 5 nitrogen and oxygen atoms in total. The van der Waals surface area contributed by atoms with Crippen LogP contribution in [-0.4, -0.2) is 24.4 Å². The fourth-order valence-electron chi connectivity index (χ4n) is 3.46. The number of carbonyl (C=O) groups is 2. The molecule has 1 saturated carbocycles. The van der Waals surface area contributed by atoms with Crippen molar-refractivity contribution in [2.24, 2.45) is 17.6 Å². The Hall–Kier alpha value is -1.59. The number of primary amides is 1. The lowest BCUT2D eigenvalue weighted by molar-refractivity contribution is -0.118. The zero-order valence-corrected chi connectivity index (χ0v) is 12.3. The van der Waals surface area contributed by atoms with Gasteiger partial charge in [-0.2, -0.15) is 0 Å². The van der Waals surface area contributed by atoms with Gasteiger partial charge in [0, 0.05) is 5.56 Å². The summed E-state index contributed by atoms with van der Waals surface area (Å²) in [5, 5.41) is 6.51. The Kier molecular flexibility index (Phi) is 3.87. The highest BCUT2D eigenvalue weighted by atomic mass is 35.5. The van der Waals surface area contributed by atoms with Crippen LogP contribution in [0.4, 0.5) is 5.69 Å². The quantitative estimate of drug-likeness (QED) is 0.795. The molecule has 0 aromatic heterocycles. The molecule has 1 saturated heterocycles. The van der Waals surface area contributed by atoms with Crippen LogP contribution in [0.5, 0.6) is 0 Å². The predicted molar refractivity (Wildman–Crippen MR) is 81.2 cm³/mol. The average Bonchev–Trinajstić information content (AvgIpc) is 3.03. The lowest BCUT2D eigenvalue weighted by Gasteiger charge is -2.18. The second kappa shape index (κ2) is 5.66. The van der Waals surface area contributed by atoms with Crippen LogP contribution in [0.1, 0.15) is 29.6 Å². The normalized spacial score (nSPS) is 27.4. The molecule has 3 rings (SSSR count). The number of hydrogen-bond acceptors (Lipinski definition) is 3. The van der Waals surface area contributed by atoms with Crippen LogP contribution in [0.25, 0.3) is 0 Å². The Morgan fingerprint density at radius 2 is 2.14 bits per heavy atom. The van der Waals surface area contributed by atoms with E-state index < -0.39 is 5.91 Å². The second-order valence-corrected chi connectivity index (χ2v) is 6.20. The van der Waals surface area contributed by atoms with Gasteiger partial charge < -0.3 is 16.4 Å². The third-order valence-corrected chi connectivity index (χ3v) is 4.87. The van der Waals surface area contributed by atoms with Crippen LogP contribution >= 0.6 is 11.6 Å². The minimum Gasteiger partial charge on any atom is -0.366 e. The van der Waals surface area contributed by atoms with E-state index in [1.54, 1.807) is 12.1 Å². The molecule has 4 N–H and O–H groups in total. The first-order valence-electron chi connectivity index (χ1n) is 7.20. The standard InChI is InChI=1S/C15H18ClN3O2/c16-11-5-4-8(14(17)20)6-12(11)19-15(21)13-10-3-1-2-9(10)7-18-13/h4-6,9-10,13,18H,1-3,7H2,(H2,17,20)(H,19,21). The highest BCUT2D eigenvalue weighted by Crippen LogP contribution is 2.38. The zero-order chi connectivity index (χ0) is 15.0. The maximum absolute atomic E-state index is 12.4. The van der Waals surface area contributed by atoms with Crippen molar-refractivity contribution in [3.8, 4) is 0 Å². The van der Waals surface area contributed by atoms with Crippen molar-refractivity contribution >= 4 is 29.1 Å². The molecule has 6 heteroatoms. The van der Waals surface area contributed by atoms with Crippen molar-refractivity contribution in [3.63, 3.8) is 0 Å². The number of hydrogen-bond donors (Lipinski definition) is 3. The van der Waals surface area contributed by atoms with Gasteiger partial charge in [-0.3, -0.25) is 9.59 Å². The molecule has 1 heterocycles. The van der Waals surface area contributed by atoms with Gasteiger partial charge in [0.15, 0.2) is 0 Å². The van der Waals surface area contributed by atoms with Crippen molar-refractivity contribution in [1.29, 1.82) is 0 Å². The number of anilines is 1. The molecule has 1 aliphatic carbocycles. The van der Waals surface area contributed by atoms with Gasteiger partial charge in [-0.15, -0.1) is 0 Å². The van der Waals surface area contributed by atoms with Gasteiger partial charge in [0.2, 0.25) is 11.8 Å². The van der Waals surface area contributed by atoms with E-state index in [-0.39, 0.29) is 11.9 Å². The summed E-state index contributed by atoms with van der Waals surface area (Å²) in [6.45, 7) is 0.901. The molecule has 2 amide bonds. The Morgan fingerprint density at radius 3 is 2.90 bits per heavy atom. The third-order valence-electron chi connectivity index (χ3n) is 4.54. The van der Waals surface area contributed by atoms with Gasteiger partial charge >= 0.3 is 0 Å². The lowest BCUT2D eigenvalue weighted by Crippen LogP contribution is -2.39. The smallest absolute Gasteiger partial charge is 0.248 e. The van der Waals surface area contributed by atoms with Crippen molar-refractivity contribution in [3.05, 3.63) is 28.8 Å².